The molecule has 2 unspecified atom stereocenters. The third-order valence-electron chi connectivity index (χ3n) is 2.33. The van der Waals surface area contributed by atoms with Crippen LogP contribution in [0.5, 0.6) is 0 Å². The summed E-state index contributed by atoms with van der Waals surface area (Å²) in [4.78, 5) is 0. The Labute approximate surface area is 89.5 Å². The van der Waals surface area contributed by atoms with E-state index in [1.54, 1.807) is 0 Å². The van der Waals surface area contributed by atoms with E-state index in [-0.39, 0.29) is 8.15 Å². The minimum Gasteiger partial charge on any atom is -0.358 e. The van der Waals surface area contributed by atoms with Gasteiger partial charge in [0.05, 0.1) is 19.1 Å². The Balaban J connectivity index is 3.89. The van der Waals surface area contributed by atoms with E-state index >= 15 is 0 Å². The molecule has 0 aromatic heterocycles. The molecule has 0 fully saturated rings. The van der Waals surface area contributed by atoms with Gasteiger partial charge >= 0.3 is 0 Å². The molecule has 0 aliphatic carbocycles. The molecule has 14 heavy (non-hydrogen) atoms. The molecule has 0 heterocycles. The summed E-state index contributed by atoms with van der Waals surface area (Å²) in [5, 5.41) is 8.41. The summed E-state index contributed by atoms with van der Waals surface area (Å²) in [5.41, 5.74) is 0.689. The van der Waals surface area contributed by atoms with Crippen LogP contribution >= 0.6 is 8.15 Å². The lowest BCUT2D eigenvalue weighted by molar-refractivity contribution is 0.350. The average Bonchev–Trinajstić information content (AvgIpc) is 2.13. The molecule has 0 N–H and O–H groups in total. The molecule has 0 spiro atoms. The van der Waals surface area contributed by atoms with Crippen molar-refractivity contribution in [2.75, 3.05) is 13.3 Å². The van der Waals surface area contributed by atoms with Crippen molar-refractivity contribution in [3.63, 3.8) is 0 Å². The second-order valence-corrected chi connectivity index (χ2v) is 5.90. The Morgan fingerprint density at radius 3 is 2.50 bits per heavy atom. The first-order chi connectivity index (χ1) is 6.63. The third-order valence-corrected chi connectivity index (χ3v) is 4.71. The lowest BCUT2D eigenvalue weighted by atomic mass is 10.1. The number of hydrogen-bond acceptors (Lipinski definition) is 2. The monoisotopic (exact) mass is 215 g/mol. The van der Waals surface area contributed by atoms with Crippen LogP contribution in [0, 0.1) is 17.2 Å². The summed E-state index contributed by atoms with van der Waals surface area (Å²) in [6, 6.07) is 2.11. The van der Waals surface area contributed by atoms with Gasteiger partial charge in [0.15, 0.2) is 0 Å². The Kier molecular flexibility index (Phi) is 8.14. The van der Waals surface area contributed by atoms with Gasteiger partial charge in [0.2, 0.25) is 0 Å². The minimum absolute atomic E-state index is 0.352. The molecule has 82 valence electrons. The maximum atomic E-state index is 8.41. The van der Waals surface area contributed by atoms with Gasteiger partial charge in [-0.25, -0.2) is 0 Å². The lowest BCUT2D eigenvalue weighted by Crippen LogP contribution is -2.14. The quantitative estimate of drug-likeness (QED) is 0.478. The van der Waals surface area contributed by atoms with Gasteiger partial charge in [-0.3, -0.25) is 0 Å². The normalized spacial score (nSPS) is 15.1. The van der Waals surface area contributed by atoms with Gasteiger partial charge in [-0.2, -0.15) is 5.26 Å². The van der Waals surface area contributed by atoms with E-state index < -0.39 is 0 Å². The molecule has 2 atom stereocenters. The van der Waals surface area contributed by atoms with E-state index in [1.807, 2.05) is 0 Å². The van der Waals surface area contributed by atoms with Crippen molar-refractivity contribution in [2.24, 2.45) is 5.92 Å². The molecule has 0 bridgehead atoms. The van der Waals surface area contributed by atoms with Crippen LogP contribution in [0.2, 0.25) is 0 Å². The van der Waals surface area contributed by atoms with E-state index in [1.165, 1.54) is 12.8 Å². The summed E-state index contributed by atoms with van der Waals surface area (Å²) in [6.45, 7) is 9.52. The highest BCUT2D eigenvalue weighted by Gasteiger charge is 2.20. The molecular weight excluding hydrogens is 193 g/mol. The molecular formula is C11H22NOP. The van der Waals surface area contributed by atoms with Crippen molar-refractivity contribution < 1.29 is 4.52 Å². The molecule has 0 aromatic carbocycles. The Bertz CT molecular complexity index is 177. The SMILES string of the molecule is CCCC(C(C)C)P(C)OCCC#N. The smallest absolute Gasteiger partial charge is 0.0646 e. The second-order valence-electron chi connectivity index (χ2n) is 3.89. The van der Waals surface area contributed by atoms with Crippen LogP contribution in [-0.2, 0) is 4.52 Å². The maximum Gasteiger partial charge on any atom is 0.0646 e. The molecule has 3 heteroatoms. The average molecular weight is 215 g/mol. The molecule has 0 radical (unpaired) electrons. The van der Waals surface area contributed by atoms with Gasteiger partial charge in [0.25, 0.3) is 0 Å². The van der Waals surface area contributed by atoms with Crippen molar-refractivity contribution in [3.8, 4) is 6.07 Å². The fraction of sp³-hybridized carbons (Fsp3) is 0.909. The highest BCUT2D eigenvalue weighted by atomic mass is 31.1. The standard InChI is InChI=1S/C11H22NOP/c1-5-7-11(10(2)3)14(4)13-9-6-8-12/h10-11H,5-7,9H2,1-4H3. The predicted molar refractivity (Wildman–Crippen MR) is 62.6 cm³/mol. The summed E-state index contributed by atoms with van der Waals surface area (Å²) in [5.74, 6) is 0.688. The largest absolute Gasteiger partial charge is 0.358 e. The first-order valence-corrected chi connectivity index (χ1v) is 7.13. The highest BCUT2D eigenvalue weighted by Crippen LogP contribution is 2.44. The van der Waals surface area contributed by atoms with Crippen LogP contribution in [0.1, 0.15) is 40.0 Å². The van der Waals surface area contributed by atoms with Gasteiger partial charge < -0.3 is 4.52 Å². The number of nitriles is 1. The van der Waals surface area contributed by atoms with Gasteiger partial charge in [-0.15, -0.1) is 0 Å². The van der Waals surface area contributed by atoms with E-state index in [0.717, 1.165) is 0 Å². The Morgan fingerprint density at radius 2 is 2.07 bits per heavy atom. The Morgan fingerprint density at radius 1 is 1.43 bits per heavy atom. The van der Waals surface area contributed by atoms with Crippen LogP contribution in [-0.4, -0.2) is 18.9 Å². The van der Waals surface area contributed by atoms with E-state index in [0.29, 0.717) is 24.6 Å². The zero-order valence-electron chi connectivity index (χ0n) is 9.79. The third kappa shape index (κ3) is 5.58. The van der Waals surface area contributed by atoms with Crippen LogP contribution in [0.3, 0.4) is 0 Å². The van der Waals surface area contributed by atoms with Crippen molar-refractivity contribution in [1.29, 1.82) is 5.26 Å². The number of rotatable bonds is 7. The van der Waals surface area contributed by atoms with Gasteiger partial charge in [-0.05, 0) is 19.0 Å². The summed E-state index contributed by atoms with van der Waals surface area (Å²) in [6.07, 6.45) is 2.98. The van der Waals surface area contributed by atoms with Gasteiger partial charge in [0.1, 0.15) is 0 Å². The number of nitrogens with zero attached hydrogens (tertiary/aromatic N) is 1. The van der Waals surface area contributed by atoms with Crippen LogP contribution in [0.4, 0.5) is 0 Å². The number of hydrogen-bond donors (Lipinski definition) is 0. The molecule has 0 rings (SSSR count). The predicted octanol–water partition coefficient (Wildman–Crippen LogP) is 3.77. The second kappa shape index (κ2) is 8.21. The van der Waals surface area contributed by atoms with E-state index in [4.69, 9.17) is 9.79 Å². The van der Waals surface area contributed by atoms with Crippen molar-refractivity contribution in [3.05, 3.63) is 0 Å². The maximum absolute atomic E-state index is 8.41. The zero-order chi connectivity index (χ0) is 11.0. The van der Waals surface area contributed by atoms with Crippen molar-refractivity contribution >= 4 is 8.15 Å². The zero-order valence-corrected chi connectivity index (χ0v) is 10.7. The highest BCUT2D eigenvalue weighted by molar-refractivity contribution is 7.52. The van der Waals surface area contributed by atoms with Crippen LogP contribution < -0.4 is 0 Å². The first-order valence-electron chi connectivity index (χ1n) is 5.36. The molecule has 0 aliphatic heterocycles. The Hall–Kier alpha value is -0.120. The van der Waals surface area contributed by atoms with Gasteiger partial charge in [-0.1, -0.05) is 27.2 Å². The summed E-state index contributed by atoms with van der Waals surface area (Å²) < 4.78 is 5.70. The fourth-order valence-electron chi connectivity index (χ4n) is 1.56. The molecule has 2 nitrogen and oxygen atoms in total. The molecule has 0 saturated carbocycles. The summed E-state index contributed by atoms with van der Waals surface area (Å²) >= 11 is 0. The van der Waals surface area contributed by atoms with Crippen LogP contribution in [0.15, 0.2) is 0 Å². The van der Waals surface area contributed by atoms with Gasteiger partial charge in [0, 0.05) is 13.8 Å². The van der Waals surface area contributed by atoms with E-state index in [2.05, 4.69) is 33.5 Å². The molecule has 0 saturated heterocycles. The molecule has 0 aliphatic rings. The topological polar surface area (TPSA) is 33.0 Å². The van der Waals surface area contributed by atoms with Crippen LogP contribution in [0.25, 0.3) is 0 Å². The van der Waals surface area contributed by atoms with E-state index in [9.17, 15) is 0 Å². The minimum atomic E-state index is -0.352. The fourth-order valence-corrected chi connectivity index (χ4v) is 3.59. The summed E-state index contributed by atoms with van der Waals surface area (Å²) in [7, 11) is -0.352. The first kappa shape index (κ1) is 13.9. The lowest BCUT2D eigenvalue weighted by Gasteiger charge is -2.26. The van der Waals surface area contributed by atoms with Crippen molar-refractivity contribution in [1.82, 2.24) is 0 Å². The molecule has 0 amide bonds. The van der Waals surface area contributed by atoms with Crippen molar-refractivity contribution in [2.45, 2.75) is 45.7 Å². The molecule has 0 aromatic rings.